The predicted molar refractivity (Wildman–Crippen MR) is 70.1 cm³/mol. The van der Waals surface area contributed by atoms with E-state index in [2.05, 4.69) is 43.9 Å². The minimum atomic E-state index is 0.580. The van der Waals surface area contributed by atoms with Gasteiger partial charge in [-0.1, -0.05) is 19.1 Å². The highest BCUT2D eigenvalue weighted by molar-refractivity contribution is 5.63. The van der Waals surface area contributed by atoms with Gasteiger partial charge in [0.05, 0.1) is 0 Å². The van der Waals surface area contributed by atoms with Crippen molar-refractivity contribution < 1.29 is 0 Å². The molecule has 1 aromatic rings. The van der Waals surface area contributed by atoms with Crippen LogP contribution >= 0.6 is 0 Å². The van der Waals surface area contributed by atoms with Crippen molar-refractivity contribution in [3.05, 3.63) is 29.3 Å². The molecule has 1 aromatic carbocycles. The molecule has 0 amide bonds. The number of benzene rings is 1. The summed E-state index contributed by atoms with van der Waals surface area (Å²) in [6.07, 6.45) is 0.999. The Morgan fingerprint density at radius 3 is 2.81 bits per heavy atom. The quantitative estimate of drug-likeness (QED) is 0.844. The Balaban J connectivity index is 2.43. The molecule has 1 atom stereocenters. The van der Waals surface area contributed by atoms with Gasteiger partial charge in [0.2, 0.25) is 0 Å². The average molecular weight is 218 g/mol. The molecule has 1 heterocycles. The van der Waals surface area contributed by atoms with Crippen LogP contribution in [0.4, 0.5) is 5.69 Å². The smallest absolute Gasteiger partial charge is 0.0407 e. The van der Waals surface area contributed by atoms with E-state index in [0.717, 1.165) is 19.5 Å². The molecule has 1 unspecified atom stereocenters. The fourth-order valence-corrected chi connectivity index (χ4v) is 2.77. The van der Waals surface area contributed by atoms with Gasteiger partial charge >= 0.3 is 0 Å². The van der Waals surface area contributed by atoms with Crippen LogP contribution in [-0.2, 0) is 6.42 Å². The second kappa shape index (κ2) is 4.46. The summed E-state index contributed by atoms with van der Waals surface area (Å²) in [5.41, 5.74) is 10.1. The first kappa shape index (κ1) is 11.5. The molecule has 2 N–H and O–H groups in total. The van der Waals surface area contributed by atoms with Gasteiger partial charge in [-0.05, 0) is 44.0 Å². The highest BCUT2D eigenvalue weighted by atomic mass is 15.2. The first-order valence-corrected chi connectivity index (χ1v) is 6.23. The predicted octanol–water partition coefficient (Wildman–Crippen LogP) is 2.52. The highest BCUT2D eigenvalue weighted by Crippen LogP contribution is 2.39. The normalized spacial score (nSPS) is 19.3. The molecule has 1 aliphatic rings. The molecule has 16 heavy (non-hydrogen) atoms. The molecule has 2 heteroatoms. The number of hydrogen-bond acceptors (Lipinski definition) is 2. The highest BCUT2D eigenvalue weighted by Gasteiger charge is 2.28. The maximum Gasteiger partial charge on any atom is 0.0407 e. The van der Waals surface area contributed by atoms with Crippen LogP contribution in [0, 0.1) is 0 Å². The molecule has 0 bridgehead atoms. The Hall–Kier alpha value is -1.02. The fourth-order valence-electron chi connectivity index (χ4n) is 2.77. The third-order valence-electron chi connectivity index (χ3n) is 3.48. The summed E-state index contributed by atoms with van der Waals surface area (Å²) in [5.74, 6) is 0.639. The van der Waals surface area contributed by atoms with Gasteiger partial charge in [0.25, 0.3) is 0 Å². The standard InChI is InChI=1S/C14H22N2/c1-10(2)16-9-11(3)14-12(7-8-15)5-4-6-13(14)16/h4-6,10-11H,7-9,15H2,1-3H3. The Kier molecular flexibility index (Phi) is 3.20. The summed E-state index contributed by atoms with van der Waals surface area (Å²) in [5, 5.41) is 0. The maximum absolute atomic E-state index is 5.68. The van der Waals surface area contributed by atoms with Gasteiger partial charge in [0.15, 0.2) is 0 Å². The van der Waals surface area contributed by atoms with Gasteiger partial charge in [0.1, 0.15) is 0 Å². The largest absolute Gasteiger partial charge is 0.368 e. The van der Waals surface area contributed by atoms with E-state index in [9.17, 15) is 0 Å². The van der Waals surface area contributed by atoms with E-state index in [-0.39, 0.29) is 0 Å². The Morgan fingerprint density at radius 2 is 2.19 bits per heavy atom. The average Bonchev–Trinajstić information content (AvgIpc) is 2.58. The van der Waals surface area contributed by atoms with E-state index < -0.39 is 0 Å². The Bertz CT molecular complexity index is 371. The summed E-state index contributed by atoms with van der Waals surface area (Å²) in [6, 6.07) is 7.22. The van der Waals surface area contributed by atoms with Crippen molar-refractivity contribution in [2.75, 3.05) is 18.0 Å². The molecular formula is C14H22N2. The van der Waals surface area contributed by atoms with Crippen molar-refractivity contribution in [1.29, 1.82) is 0 Å². The molecule has 0 saturated heterocycles. The maximum atomic E-state index is 5.68. The monoisotopic (exact) mass is 218 g/mol. The van der Waals surface area contributed by atoms with E-state index in [1.165, 1.54) is 16.8 Å². The number of hydrogen-bond donors (Lipinski definition) is 1. The minimum absolute atomic E-state index is 0.580. The number of nitrogens with zero attached hydrogens (tertiary/aromatic N) is 1. The van der Waals surface area contributed by atoms with Crippen molar-refractivity contribution in [2.24, 2.45) is 5.73 Å². The summed E-state index contributed by atoms with van der Waals surface area (Å²) in [4.78, 5) is 2.50. The lowest BCUT2D eigenvalue weighted by Gasteiger charge is -2.24. The lowest BCUT2D eigenvalue weighted by molar-refractivity contribution is 0.668. The van der Waals surface area contributed by atoms with Crippen molar-refractivity contribution in [3.63, 3.8) is 0 Å². The number of anilines is 1. The van der Waals surface area contributed by atoms with Crippen LogP contribution in [-0.4, -0.2) is 19.1 Å². The zero-order valence-electron chi connectivity index (χ0n) is 10.5. The van der Waals surface area contributed by atoms with Crippen molar-refractivity contribution >= 4 is 5.69 Å². The van der Waals surface area contributed by atoms with Gasteiger partial charge in [-0.2, -0.15) is 0 Å². The molecule has 0 aromatic heterocycles. The summed E-state index contributed by atoms with van der Waals surface area (Å²) in [7, 11) is 0. The Labute approximate surface area is 98.4 Å². The molecule has 0 radical (unpaired) electrons. The molecule has 2 rings (SSSR count). The topological polar surface area (TPSA) is 29.3 Å². The van der Waals surface area contributed by atoms with Crippen LogP contribution in [0.25, 0.3) is 0 Å². The van der Waals surface area contributed by atoms with Crippen LogP contribution < -0.4 is 10.6 Å². The van der Waals surface area contributed by atoms with Gasteiger partial charge in [-0.25, -0.2) is 0 Å². The van der Waals surface area contributed by atoms with Gasteiger partial charge in [0, 0.05) is 24.2 Å². The van der Waals surface area contributed by atoms with Gasteiger partial charge < -0.3 is 10.6 Å². The summed E-state index contributed by atoms with van der Waals surface area (Å²) >= 11 is 0. The zero-order valence-corrected chi connectivity index (χ0v) is 10.5. The lowest BCUT2D eigenvalue weighted by Crippen LogP contribution is -2.28. The van der Waals surface area contributed by atoms with E-state index in [0.29, 0.717) is 12.0 Å². The molecule has 0 fully saturated rings. The minimum Gasteiger partial charge on any atom is -0.368 e. The van der Waals surface area contributed by atoms with Crippen LogP contribution in [0.15, 0.2) is 18.2 Å². The van der Waals surface area contributed by atoms with Crippen molar-refractivity contribution in [2.45, 2.75) is 39.2 Å². The van der Waals surface area contributed by atoms with E-state index in [1.807, 2.05) is 0 Å². The molecule has 0 aliphatic carbocycles. The zero-order chi connectivity index (χ0) is 11.7. The molecule has 0 saturated carbocycles. The van der Waals surface area contributed by atoms with Crippen LogP contribution in [0.1, 0.15) is 37.8 Å². The molecular weight excluding hydrogens is 196 g/mol. The Morgan fingerprint density at radius 1 is 1.44 bits per heavy atom. The first-order chi connectivity index (χ1) is 7.65. The van der Waals surface area contributed by atoms with Crippen molar-refractivity contribution in [1.82, 2.24) is 0 Å². The molecule has 0 spiro atoms. The van der Waals surface area contributed by atoms with Gasteiger partial charge in [-0.15, -0.1) is 0 Å². The molecule has 1 aliphatic heterocycles. The summed E-state index contributed by atoms with van der Waals surface area (Å²) in [6.45, 7) is 8.73. The van der Waals surface area contributed by atoms with E-state index in [4.69, 9.17) is 5.73 Å². The number of rotatable bonds is 3. The fraction of sp³-hybridized carbons (Fsp3) is 0.571. The summed E-state index contributed by atoms with van der Waals surface area (Å²) < 4.78 is 0. The molecule has 88 valence electrons. The van der Waals surface area contributed by atoms with Gasteiger partial charge in [-0.3, -0.25) is 0 Å². The lowest BCUT2D eigenvalue weighted by atomic mass is 9.95. The SMILES string of the molecule is CC1CN(C(C)C)c2cccc(CCN)c21. The van der Waals surface area contributed by atoms with Crippen LogP contribution in [0.5, 0.6) is 0 Å². The van der Waals surface area contributed by atoms with E-state index in [1.54, 1.807) is 0 Å². The second-order valence-corrected chi connectivity index (χ2v) is 5.04. The number of nitrogens with two attached hydrogens (primary N) is 1. The van der Waals surface area contributed by atoms with Crippen molar-refractivity contribution in [3.8, 4) is 0 Å². The molecule has 2 nitrogen and oxygen atoms in total. The van der Waals surface area contributed by atoms with E-state index >= 15 is 0 Å². The van der Waals surface area contributed by atoms with Crippen LogP contribution in [0.3, 0.4) is 0 Å². The third kappa shape index (κ3) is 1.82. The second-order valence-electron chi connectivity index (χ2n) is 5.04. The third-order valence-corrected chi connectivity index (χ3v) is 3.48. The first-order valence-electron chi connectivity index (χ1n) is 6.23. The van der Waals surface area contributed by atoms with Crippen LogP contribution in [0.2, 0.25) is 0 Å². The number of fused-ring (bicyclic) bond motifs is 1.